The van der Waals surface area contributed by atoms with Gasteiger partial charge in [0.1, 0.15) is 6.17 Å². The molecule has 1 aliphatic carbocycles. The van der Waals surface area contributed by atoms with Crippen LogP contribution < -0.4 is 5.73 Å². The Balaban J connectivity index is 2.30. The summed E-state index contributed by atoms with van der Waals surface area (Å²) >= 11 is 5.83. The number of nitrogens with two attached hydrogens (primary N) is 1. The van der Waals surface area contributed by atoms with Crippen LogP contribution >= 0.6 is 11.6 Å². The molecule has 3 atom stereocenters. The molecule has 1 aromatic rings. The number of halogens is 4. The predicted octanol–water partition coefficient (Wildman–Crippen LogP) is 3.44. The molecule has 21 heavy (non-hydrogen) atoms. The average Bonchev–Trinajstić information content (AvgIpc) is 2.38. The highest BCUT2D eigenvalue weighted by atomic mass is 35.5. The summed E-state index contributed by atoms with van der Waals surface area (Å²) in [6, 6.07) is 5.62. The fourth-order valence-corrected chi connectivity index (χ4v) is 3.04. The van der Waals surface area contributed by atoms with E-state index in [1.54, 1.807) is 24.3 Å². The first-order chi connectivity index (χ1) is 9.71. The Morgan fingerprint density at radius 1 is 1.24 bits per heavy atom. The maximum absolute atomic E-state index is 14.4. The van der Waals surface area contributed by atoms with Gasteiger partial charge in [0.25, 0.3) is 6.43 Å². The van der Waals surface area contributed by atoms with Crippen molar-refractivity contribution in [1.82, 2.24) is 0 Å². The Labute approximate surface area is 127 Å². The quantitative estimate of drug-likeness (QED) is 0.872. The Kier molecular flexibility index (Phi) is 4.57. The molecule has 0 aliphatic heterocycles. The maximum atomic E-state index is 14.4. The number of rotatable bonds is 5. The van der Waals surface area contributed by atoms with E-state index in [9.17, 15) is 18.3 Å². The van der Waals surface area contributed by atoms with Crippen LogP contribution in [0.1, 0.15) is 31.7 Å². The third-order valence-corrected chi connectivity index (χ3v) is 4.87. The minimum atomic E-state index is -3.19. The number of aliphatic hydroxyl groups is 1. The molecule has 0 spiro atoms. The van der Waals surface area contributed by atoms with E-state index in [4.69, 9.17) is 17.3 Å². The number of hydrogen-bond acceptors (Lipinski definition) is 2. The van der Waals surface area contributed by atoms with Crippen LogP contribution in [0.5, 0.6) is 0 Å². The zero-order valence-corrected chi connectivity index (χ0v) is 12.5. The minimum absolute atomic E-state index is 0.540. The molecule has 0 amide bonds. The monoisotopic (exact) mass is 321 g/mol. The Hall–Kier alpha value is -0.780. The van der Waals surface area contributed by atoms with Crippen molar-refractivity contribution in [1.29, 1.82) is 0 Å². The van der Waals surface area contributed by atoms with Gasteiger partial charge in [-0.2, -0.15) is 0 Å². The van der Waals surface area contributed by atoms with Crippen molar-refractivity contribution in [2.24, 2.45) is 5.73 Å². The maximum Gasteiger partial charge on any atom is 0.269 e. The van der Waals surface area contributed by atoms with Gasteiger partial charge in [0.05, 0.1) is 0 Å². The summed E-state index contributed by atoms with van der Waals surface area (Å²) in [7, 11) is 0. The molecule has 2 rings (SSSR count). The van der Waals surface area contributed by atoms with Crippen molar-refractivity contribution in [2.45, 2.75) is 55.8 Å². The second-order valence-electron chi connectivity index (χ2n) is 5.97. The molecule has 0 heterocycles. The van der Waals surface area contributed by atoms with Crippen LogP contribution in [-0.2, 0) is 5.41 Å². The number of benzene rings is 1. The van der Waals surface area contributed by atoms with Crippen molar-refractivity contribution in [3.8, 4) is 0 Å². The van der Waals surface area contributed by atoms with Gasteiger partial charge in [0.15, 0.2) is 5.60 Å². The van der Waals surface area contributed by atoms with Crippen molar-refractivity contribution >= 4 is 11.6 Å². The summed E-state index contributed by atoms with van der Waals surface area (Å²) in [5.74, 6) is 0. The topological polar surface area (TPSA) is 46.2 Å². The lowest BCUT2D eigenvalue weighted by Crippen LogP contribution is -2.62. The molecule has 0 bridgehead atoms. The van der Waals surface area contributed by atoms with Crippen LogP contribution in [0.2, 0.25) is 5.02 Å². The molecule has 0 aromatic heterocycles. The average molecular weight is 322 g/mol. The highest BCUT2D eigenvalue weighted by Crippen LogP contribution is 2.48. The highest BCUT2D eigenvalue weighted by Gasteiger charge is 2.54. The molecule has 2 nitrogen and oxygen atoms in total. The van der Waals surface area contributed by atoms with Crippen molar-refractivity contribution < 1.29 is 18.3 Å². The van der Waals surface area contributed by atoms with E-state index in [1.807, 2.05) is 0 Å². The standard InChI is InChI=1S/C15H19ClF3NO/c1-14(21,13(18)19)11(17)12(20)15(7-2-8-15)9-3-5-10(16)6-4-9/h3-6,11-13,21H,2,7-8,20H2,1H3. The van der Waals surface area contributed by atoms with Crippen molar-refractivity contribution in [3.63, 3.8) is 0 Å². The Morgan fingerprint density at radius 2 is 1.76 bits per heavy atom. The SMILES string of the molecule is CC(O)(C(F)F)C(F)C(N)C1(c2ccc(Cl)cc2)CCC1. The molecule has 1 fully saturated rings. The van der Waals surface area contributed by atoms with Crippen LogP contribution in [0, 0.1) is 0 Å². The van der Waals surface area contributed by atoms with Crippen LogP contribution in [0.25, 0.3) is 0 Å². The Bertz CT molecular complexity index is 488. The van der Waals surface area contributed by atoms with E-state index < -0.39 is 29.7 Å². The van der Waals surface area contributed by atoms with Gasteiger partial charge in [0.2, 0.25) is 0 Å². The van der Waals surface area contributed by atoms with Gasteiger partial charge in [-0.05, 0) is 37.5 Å². The van der Waals surface area contributed by atoms with Crippen molar-refractivity contribution in [2.75, 3.05) is 0 Å². The van der Waals surface area contributed by atoms with E-state index >= 15 is 0 Å². The summed E-state index contributed by atoms with van der Waals surface area (Å²) in [4.78, 5) is 0. The van der Waals surface area contributed by atoms with Gasteiger partial charge >= 0.3 is 0 Å². The lowest BCUT2D eigenvalue weighted by molar-refractivity contribution is -0.140. The summed E-state index contributed by atoms with van der Waals surface area (Å²) in [6.07, 6.45) is -3.35. The summed E-state index contributed by atoms with van der Waals surface area (Å²) < 4.78 is 40.1. The molecule has 1 aromatic carbocycles. The third-order valence-electron chi connectivity index (χ3n) is 4.62. The molecule has 118 valence electrons. The lowest BCUT2D eigenvalue weighted by Gasteiger charge is -2.49. The van der Waals surface area contributed by atoms with E-state index in [-0.39, 0.29) is 0 Å². The molecule has 3 unspecified atom stereocenters. The van der Waals surface area contributed by atoms with Gasteiger partial charge in [-0.15, -0.1) is 0 Å². The van der Waals surface area contributed by atoms with Crippen LogP contribution in [0.3, 0.4) is 0 Å². The minimum Gasteiger partial charge on any atom is -0.381 e. The van der Waals surface area contributed by atoms with Crippen LogP contribution in [-0.4, -0.2) is 29.3 Å². The molecule has 6 heteroatoms. The molecule has 0 radical (unpaired) electrons. The third kappa shape index (κ3) is 2.79. The predicted molar refractivity (Wildman–Crippen MR) is 76.5 cm³/mol. The lowest BCUT2D eigenvalue weighted by atomic mass is 9.58. The highest BCUT2D eigenvalue weighted by molar-refractivity contribution is 6.30. The first-order valence-electron chi connectivity index (χ1n) is 6.88. The van der Waals surface area contributed by atoms with Crippen LogP contribution in [0.15, 0.2) is 24.3 Å². The summed E-state index contributed by atoms with van der Waals surface area (Å²) in [5, 5.41) is 10.2. The first-order valence-corrected chi connectivity index (χ1v) is 7.26. The molecular formula is C15H19ClF3NO. The van der Waals surface area contributed by atoms with Crippen LogP contribution in [0.4, 0.5) is 13.2 Å². The molecule has 1 aliphatic rings. The fourth-order valence-electron chi connectivity index (χ4n) is 2.92. The molecule has 1 saturated carbocycles. The van der Waals surface area contributed by atoms with Gasteiger partial charge in [0, 0.05) is 16.5 Å². The van der Waals surface area contributed by atoms with Gasteiger partial charge in [-0.25, -0.2) is 13.2 Å². The largest absolute Gasteiger partial charge is 0.381 e. The molecular weight excluding hydrogens is 303 g/mol. The first kappa shape index (κ1) is 16.6. The van der Waals surface area contributed by atoms with Crippen molar-refractivity contribution in [3.05, 3.63) is 34.9 Å². The zero-order valence-electron chi connectivity index (χ0n) is 11.7. The second kappa shape index (κ2) is 5.78. The summed E-state index contributed by atoms with van der Waals surface area (Å²) in [5.41, 5.74) is 3.25. The summed E-state index contributed by atoms with van der Waals surface area (Å²) in [6.45, 7) is 0.788. The van der Waals surface area contributed by atoms with Gasteiger partial charge < -0.3 is 10.8 Å². The van der Waals surface area contributed by atoms with Gasteiger partial charge in [-0.3, -0.25) is 0 Å². The normalized spacial score (nSPS) is 23.2. The smallest absolute Gasteiger partial charge is 0.269 e. The van der Waals surface area contributed by atoms with Gasteiger partial charge in [-0.1, -0.05) is 30.2 Å². The van der Waals surface area contributed by atoms with E-state index in [0.717, 1.165) is 18.9 Å². The fraction of sp³-hybridized carbons (Fsp3) is 0.600. The van der Waals surface area contributed by atoms with E-state index in [1.165, 1.54) is 0 Å². The number of alkyl halides is 3. The molecule has 3 N–H and O–H groups in total. The number of hydrogen-bond donors (Lipinski definition) is 2. The zero-order chi connectivity index (χ0) is 15.8. The second-order valence-corrected chi connectivity index (χ2v) is 6.41. The van der Waals surface area contributed by atoms with E-state index in [2.05, 4.69) is 0 Å². The molecule has 0 saturated heterocycles. The van der Waals surface area contributed by atoms with E-state index in [0.29, 0.717) is 17.9 Å². The Morgan fingerprint density at radius 3 is 2.14 bits per heavy atom.